The lowest BCUT2D eigenvalue weighted by Crippen LogP contribution is -2.39. The standard InChI is InChI=1S/C23H26N2O4Si/c1-23(2,3)30(4,5)29-25-18-9-7-14-12-15(6-8-16(14)18)20-17-10-11-24-13-19(17)28-21(20)22(26)27/h6,8,10-13H,7,9H2,1-5H3,(H,26,27)/b25-18-. The molecule has 0 bridgehead atoms. The molecular formula is C23H26N2O4Si. The van der Waals surface area contributed by atoms with Crippen LogP contribution in [0, 0.1) is 0 Å². The largest absolute Gasteiger partial charge is 0.475 e. The summed E-state index contributed by atoms with van der Waals surface area (Å²) in [6.45, 7) is 10.9. The number of rotatable bonds is 4. The molecule has 1 N–H and O–H groups in total. The molecule has 0 saturated carbocycles. The van der Waals surface area contributed by atoms with Crippen LogP contribution < -0.4 is 0 Å². The average Bonchev–Trinajstić information content (AvgIpc) is 3.26. The first-order chi connectivity index (χ1) is 14.1. The molecule has 2 aromatic heterocycles. The molecule has 0 aliphatic heterocycles. The van der Waals surface area contributed by atoms with Crippen LogP contribution in [-0.2, 0) is 10.9 Å². The van der Waals surface area contributed by atoms with E-state index in [0.29, 0.717) is 11.1 Å². The molecule has 4 rings (SSSR count). The lowest BCUT2D eigenvalue weighted by Gasteiger charge is -2.33. The summed E-state index contributed by atoms with van der Waals surface area (Å²) in [6.07, 6.45) is 4.85. The van der Waals surface area contributed by atoms with Gasteiger partial charge in [0.05, 0.1) is 11.9 Å². The second kappa shape index (κ2) is 7.09. The van der Waals surface area contributed by atoms with E-state index in [1.54, 1.807) is 18.5 Å². The summed E-state index contributed by atoms with van der Waals surface area (Å²) < 4.78 is 11.6. The number of aromatic nitrogens is 1. The highest BCUT2D eigenvalue weighted by Crippen LogP contribution is 2.39. The fourth-order valence-corrected chi connectivity index (χ4v) is 4.03. The Labute approximate surface area is 176 Å². The van der Waals surface area contributed by atoms with E-state index >= 15 is 0 Å². The minimum atomic E-state index is -1.97. The number of aryl methyl sites for hydroxylation is 1. The fourth-order valence-electron chi connectivity index (χ4n) is 3.41. The van der Waals surface area contributed by atoms with Crippen LogP contribution in [0.2, 0.25) is 18.1 Å². The van der Waals surface area contributed by atoms with Crippen molar-refractivity contribution in [1.29, 1.82) is 0 Å². The molecule has 1 aliphatic carbocycles. The zero-order valence-electron chi connectivity index (χ0n) is 17.9. The van der Waals surface area contributed by atoms with Crippen LogP contribution in [0.5, 0.6) is 0 Å². The maximum atomic E-state index is 11.8. The summed E-state index contributed by atoms with van der Waals surface area (Å²) in [5, 5.41) is 15.0. The number of aromatic carboxylic acids is 1. The topological polar surface area (TPSA) is 84.9 Å². The van der Waals surface area contributed by atoms with Crippen molar-refractivity contribution in [2.24, 2.45) is 5.16 Å². The van der Waals surface area contributed by atoms with Gasteiger partial charge in [-0.2, -0.15) is 0 Å². The highest BCUT2D eigenvalue weighted by atomic mass is 28.4. The zero-order valence-corrected chi connectivity index (χ0v) is 18.9. The number of hydrogen-bond acceptors (Lipinski definition) is 5. The van der Waals surface area contributed by atoms with Crippen molar-refractivity contribution >= 4 is 31.0 Å². The molecule has 0 unspecified atom stereocenters. The van der Waals surface area contributed by atoms with Crippen molar-refractivity contribution in [3.8, 4) is 11.1 Å². The molecule has 0 amide bonds. The second-order valence-corrected chi connectivity index (χ2v) is 13.9. The third-order valence-electron chi connectivity index (χ3n) is 6.21. The molecule has 1 aromatic carbocycles. The Kier molecular flexibility index (Phi) is 4.81. The maximum absolute atomic E-state index is 11.8. The number of furan rings is 1. The van der Waals surface area contributed by atoms with Crippen LogP contribution in [0.15, 0.2) is 46.2 Å². The van der Waals surface area contributed by atoms with Crippen LogP contribution in [0.25, 0.3) is 22.1 Å². The van der Waals surface area contributed by atoms with Gasteiger partial charge >= 0.3 is 5.97 Å². The van der Waals surface area contributed by atoms with Crippen LogP contribution in [0.1, 0.15) is 48.9 Å². The van der Waals surface area contributed by atoms with Gasteiger partial charge in [0.25, 0.3) is 8.32 Å². The molecule has 2 heterocycles. The van der Waals surface area contributed by atoms with E-state index in [2.05, 4.69) is 44.0 Å². The van der Waals surface area contributed by atoms with E-state index in [-0.39, 0.29) is 10.8 Å². The van der Waals surface area contributed by atoms with E-state index in [9.17, 15) is 9.90 Å². The molecule has 1 aliphatic rings. The monoisotopic (exact) mass is 422 g/mol. The molecule has 6 nitrogen and oxygen atoms in total. The first kappa shape index (κ1) is 20.3. The van der Waals surface area contributed by atoms with Crippen LogP contribution >= 0.6 is 0 Å². The predicted octanol–water partition coefficient (Wildman–Crippen LogP) is 5.87. The van der Waals surface area contributed by atoms with Gasteiger partial charge in [-0.15, -0.1) is 5.16 Å². The molecular weight excluding hydrogens is 396 g/mol. The summed E-state index contributed by atoms with van der Waals surface area (Å²) in [4.78, 5) is 15.8. The summed E-state index contributed by atoms with van der Waals surface area (Å²) in [7, 11) is -1.97. The van der Waals surface area contributed by atoms with Gasteiger partial charge < -0.3 is 14.1 Å². The van der Waals surface area contributed by atoms with E-state index in [0.717, 1.165) is 40.6 Å². The first-order valence-electron chi connectivity index (χ1n) is 10.1. The first-order valence-corrected chi connectivity index (χ1v) is 13.0. The summed E-state index contributed by atoms with van der Waals surface area (Å²) in [5.41, 5.74) is 5.05. The van der Waals surface area contributed by atoms with Gasteiger partial charge in [-0.1, -0.05) is 39.0 Å². The van der Waals surface area contributed by atoms with Gasteiger partial charge in [0.15, 0.2) is 5.58 Å². The van der Waals surface area contributed by atoms with Crippen molar-refractivity contribution < 1.29 is 18.8 Å². The number of fused-ring (bicyclic) bond motifs is 2. The van der Waals surface area contributed by atoms with Gasteiger partial charge in [-0.05, 0) is 48.2 Å². The van der Waals surface area contributed by atoms with Crippen molar-refractivity contribution in [2.75, 3.05) is 0 Å². The van der Waals surface area contributed by atoms with Crippen LogP contribution in [-0.4, -0.2) is 30.1 Å². The van der Waals surface area contributed by atoms with Gasteiger partial charge in [-0.3, -0.25) is 4.98 Å². The van der Waals surface area contributed by atoms with Crippen molar-refractivity contribution in [2.45, 2.75) is 51.7 Å². The Balaban J connectivity index is 1.72. The highest BCUT2D eigenvalue weighted by Gasteiger charge is 2.40. The normalized spacial score (nSPS) is 15.6. The maximum Gasteiger partial charge on any atom is 0.372 e. The molecule has 0 atom stereocenters. The fraction of sp³-hybridized carbons (Fsp3) is 0.348. The van der Waals surface area contributed by atoms with Crippen molar-refractivity contribution in [1.82, 2.24) is 4.98 Å². The summed E-state index contributed by atoms with van der Waals surface area (Å²) in [5.74, 6) is -1.15. The van der Waals surface area contributed by atoms with E-state index < -0.39 is 14.3 Å². The summed E-state index contributed by atoms with van der Waals surface area (Å²) in [6, 6.07) is 7.77. The lowest BCUT2D eigenvalue weighted by molar-refractivity contribution is 0.0666. The van der Waals surface area contributed by atoms with E-state index in [4.69, 9.17) is 8.94 Å². The molecule has 0 fully saturated rings. The van der Waals surface area contributed by atoms with Gasteiger partial charge in [0, 0.05) is 22.7 Å². The predicted molar refractivity (Wildman–Crippen MR) is 120 cm³/mol. The number of pyridine rings is 1. The number of carbonyl (C=O) groups is 1. The Morgan fingerprint density at radius 3 is 2.70 bits per heavy atom. The summed E-state index contributed by atoms with van der Waals surface area (Å²) >= 11 is 0. The van der Waals surface area contributed by atoms with E-state index in [1.165, 1.54) is 0 Å². The highest BCUT2D eigenvalue weighted by molar-refractivity contribution is 6.74. The van der Waals surface area contributed by atoms with E-state index in [1.807, 2.05) is 18.2 Å². The smallest absolute Gasteiger partial charge is 0.372 e. The minimum Gasteiger partial charge on any atom is -0.475 e. The zero-order chi connectivity index (χ0) is 21.7. The molecule has 30 heavy (non-hydrogen) atoms. The SMILES string of the molecule is CC(C)(C)[Si](C)(C)O/N=C1/CCc2cc(-c3c(C(=O)O)oc4cnccc34)ccc21. The Morgan fingerprint density at radius 2 is 2.00 bits per heavy atom. The van der Waals surface area contributed by atoms with Crippen LogP contribution in [0.3, 0.4) is 0 Å². The molecule has 156 valence electrons. The molecule has 7 heteroatoms. The average molecular weight is 423 g/mol. The third kappa shape index (κ3) is 3.43. The number of nitrogens with zero attached hydrogens (tertiary/aromatic N) is 2. The molecule has 0 spiro atoms. The Morgan fingerprint density at radius 1 is 1.23 bits per heavy atom. The molecule has 0 radical (unpaired) electrons. The Bertz CT molecular complexity index is 1170. The number of hydrogen-bond donors (Lipinski definition) is 1. The van der Waals surface area contributed by atoms with Gasteiger partial charge in [-0.25, -0.2) is 4.79 Å². The minimum absolute atomic E-state index is 0.0638. The number of carboxylic acid groups (broad SMARTS) is 1. The Hall–Kier alpha value is -2.93. The van der Waals surface area contributed by atoms with Crippen LogP contribution in [0.4, 0.5) is 0 Å². The second-order valence-electron chi connectivity index (χ2n) is 9.24. The number of benzene rings is 1. The van der Waals surface area contributed by atoms with Crippen molar-refractivity contribution in [3.05, 3.63) is 53.5 Å². The van der Waals surface area contributed by atoms with Gasteiger partial charge in [0.1, 0.15) is 0 Å². The van der Waals surface area contributed by atoms with Gasteiger partial charge in [0.2, 0.25) is 5.76 Å². The quantitative estimate of drug-likeness (QED) is 0.420. The molecule has 3 aromatic rings. The third-order valence-corrected chi connectivity index (χ3v) is 10.4. The number of carboxylic acids is 1. The van der Waals surface area contributed by atoms with Crippen molar-refractivity contribution in [3.63, 3.8) is 0 Å². The lowest BCUT2D eigenvalue weighted by atomic mass is 9.98. The number of oxime groups is 1. The molecule has 0 saturated heterocycles.